The Labute approximate surface area is 188 Å². The molecule has 2 rings (SSSR count). The van der Waals surface area contributed by atoms with Crippen LogP contribution in [-0.4, -0.2) is 34.0 Å². The van der Waals surface area contributed by atoms with E-state index in [4.69, 9.17) is 10.2 Å². The molecular weight excluding hydrogens is 376 g/mol. The molecule has 6 atom stereocenters. The summed E-state index contributed by atoms with van der Waals surface area (Å²) in [5, 5.41) is 21.0. The zero-order chi connectivity index (χ0) is 25.9. The van der Waals surface area contributed by atoms with Gasteiger partial charge in [0.15, 0.2) is 0 Å². The van der Waals surface area contributed by atoms with Gasteiger partial charge in [-0.2, -0.15) is 0 Å². The van der Waals surface area contributed by atoms with E-state index in [2.05, 4.69) is 11.8 Å². The molecule has 0 amide bonds. The van der Waals surface area contributed by atoms with Gasteiger partial charge in [0.2, 0.25) is 0 Å². The summed E-state index contributed by atoms with van der Waals surface area (Å²) in [6, 6.07) is 0. The molecular formula is C26H40O4. The van der Waals surface area contributed by atoms with Crippen LogP contribution in [0.5, 0.6) is 0 Å². The lowest BCUT2D eigenvalue weighted by atomic mass is 9.89. The molecule has 4 nitrogen and oxygen atoms in total. The van der Waals surface area contributed by atoms with Crippen LogP contribution in [0.1, 0.15) is 85.0 Å². The molecule has 4 heteroatoms. The fourth-order valence-electron chi connectivity index (χ4n) is 4.39. The van der Waals surface area contributed by atoms with Crippen LogP contribution >= 0.6 is 0 Å². The highest BCUT2D eigenvalue weighted by molar-refractivity contribution is 5.69. The average molecular weight is 421 g/mol. The summed E-state index contributed by atoms with van der Waals surface area (Å²) < 4.78 is 37.6. The van der Waals surface area contributed by atoms with Crippen molar-refractivity contribution in [1.82, 2.24) is 0 Å². The van der Waals surface area contributed by atoms with E-state index >= 15 is 0 Å². The van der Waals surface area contributed by atoms with Gasteiger partial charge in [0.1, 0.15) is 5.60 Å². The van der Waals surface area contributed by atoms with Crippen LogP contribution in [0, 0.1) is 35.5 Å². The minimum Gasteiger partial charge on any atom is -0.460 e. The van der Waals surface area contributed by atoms with Crippen molar-refractivity contribution in [1.29, 1.82) is 0 Å². The summed E-state index contributed by atoms with van der Waals surface area (Å²) in [6.07, 6.45) is 2.29. The third-order valence-electron chi connectivity index (χ3n) is 5.80. The highest BCUT2D eigenvalue weighted by atomic mass is 16.6. The first-order chi connectivity index (χ1) is 15.5. The summed E-state index contributed by atoms with van der Waals surface area (Å²) in [5.41, 5.74) is 0.493. The molecule has 0 heterocycles. The average Bonchev–Trinajstić information content (AvgIpc) is 3.18. The molecule has 0 radical (unpaired) electrons. The van der Waals surface area contributed by atoms with Gasteiger partial charge in [-0.3, -0.25) is 4.79 Å². The molecule has 0 bridgehead atoms. The molecule has 30 heavy (non-hydrogen) atoms. The first-order valence-corrected chi connectivity index (χ1v) is 10.9. The molecule has 0 aromatic rings. The van der Waals surface area contributed by atoms with E-state index in [1.165, 1.54) is 0 Å². The van der Waals surface area contributed by atoms with Crippen LogP contribution in [0.2, 0.25) is 0 Å². The smallest absolute Gasteiger partial charge is 0.306 e. The van der Waals surface area contributed by atoms with Crippen LogP contribution in [0.4, 0.5) is 0 Å². The Hall–Kier alpha value is -1.57. The molecule has 2 aliphatic rings. The SMILES string of the molecule is [2H]C([2H])(C/C=C1\C[C@H]2C[C@@H](O)[C@H](/C=C/[C@@H](O)C(C)C([2H])([2H])C#CC)[C@H]2C1)CC(=O)OC(C)(C)C. The molecule has 168 valence electrons. The quantitative estimate of drug-likeness (QED) is 0.336. The van der Waals surface area contributed by atoms with Crippen LogP contribution in [0.3, 0.4) is 0 Å². The van der Waals surface area contributed by atoms with Gasteiger partial charge in [-0.05, 0) is 77.5 Å². The van der Waals surface area contributed by atoms with E-state index in [1.807, 2.05) is 12.2 Å². The third-order valence-corrected chi connectivity index (χ3v) is 5.80. The minimum atomic E-state index is -1.81. The summed E-state index contributed by atoms with van der Waals surface area (Å²) in [5.74, 6) is 4.16. The van der Waals surface area contributed by atoms with E-state index in [-0.39, 0.29) is 24.7 Å². The number of carbonyl (C=O) groups excluding carboxylic acids is 1. The summed E-state index contributed by atoms with van der Waals surface area (Å²) in [6.45, 7) is 8.46. The van der Waals surface area contributed by atoms with Crippen molar-refractivity contribution in [2.75, 3.05) is 0 Å². The monoisotopic (exact) mass is 420 g/mol. The number of aliphatic hydroxyl groups excluding tert-OH is 2. The number of hydrogen-bond acceptors (Lipinski definition) is 4. The highest BCUT2D eigenvalue weighted by Gasteiger charge is 2.44. The number of esters is 1. The predicted octanol–water partition coefficient (Wildman–Crippen LogP) is 4.80. The van der Waals surface area contributed by atoms with Crippen LogP contribution < -0.4 is 0 Å². The van der Waals surface area contributed by atoms with Crippen molar-refractivity contribution in [3.63, 3.8) is 0 Å². The molecule has 0 aliphatic heterocycles. The zero-order valence-electron chi connectivity index (χ0n) is 22.9. The van der Waals surface area contributed by atoms with E-state index in [0.717, 1.165) is 18.4 Å². The van der Waals surface area contributed by atoms with Gasteiger partial charge in [-0.25, -0.2) is 0 Å². The molecule has 2 aliphatic carbocycles. The van der Waals surface area contributed by atoms with Crippen LogP contribution in [0.15, 0.2) is 23.8 Å². The van der Waals surface area contributed by atoms with E-state index in [9.17, 15) is 15.0 Å². The van der Waals surface area contributed by atoms with E-state index in [1.54, 1.807) is 40.7 Å². The number of hydrogen-bond donors (Lipinski definition) is 2. The number of rotatable bonds is 8. The number of fused-ring (bicyclic) bond motifs is 1. The van der Waals surface area contributed by atoms with Crippen LogP contribution in [-0.2, 0) is 9.53 Å². The third kappa shape index (κ3) is 7.60. The lowest BCUT2D eigenvalue weighted by Gasteiger charge is -2.19. The maximum atomic E-state index is 12.0. The lowest BCUT2D eigenvalue weighted by molar-refractivity contribution is -0.154. The largest absolute Gasteiger partial charge is 0.460 e. The standard InChI is InChI=1S/C26H40O4/c1-6-7-10-18(2)23(27)14-13-21-22-16-19(15-20(22)17-24(21)28)11-8-9-12-25(29)30-26(3,4)5/h11,13-14,18,20-24,27-28H,8-10,12,15-17H2,1-5H3/b14-13+,19-11+/t18?,20-,21+,22-,23+,24+/m0/s1/i9D2,10D2. The highest BCUT2D eigenvalue weighted by Crippen LogP contribution is 2.50. The molecule has 2 saturated carbocycles. The fraction of sp³-hybridized carbons (Fsp3) is 0.731. The number of carbonyl (C=O) groups is 1. The van der Waals surface area contributed by atoms with E-state index < -0.39 is 42.4 Å². The summed E-state index contributed by atoms with van der Waals surface area (Å²) >= 11 is 0. The van der Waals surface area contributed by atoms with Crippen molar-refractivity contribution >= 4 is 5.97 Å². The molecule has 1 unspecified atom stereocenters. The van der Waals surface area contributed by atoms with Crippen molar-refractivity contribution in [3.05, 3.63) is 23.8 Å². The van der Waals surface area contributed by atoms with Gasteiger partial charge in [0.25, 0.3) is 0 Å². The second kappa shape index (κ2) is 11.2. The Bertz CT molecular complexity index is 847. The zero-order valence-corrected chi connectivity index (χ0v) is 18.9. The molecule has 0 saturated heterocycles. The van der Waals surface area contributed by atoms with Gasteiger partial charge in [0, 0.05) is 24.2 Å². The maximum absolute atomic E-state index is 12.0. The van der Waals surface area contributed by atoms with Gasteiger partial charge in [-0.1, -0.05) is 30.7 Å². The van der Waals surface area contributed by atoms with Gasteiger partial charge in [0.05, 0.1) is 12.2 Å². The Balaban J connectivity index is 1.99. The molecule has 2 N–H and O–H groups in total. The van der Waals surface area contributed by atoms with Crippen molar-refractivity contribution in [2.24, 2.45) is 23.7 Å². The lowest BCUT2D eigenvalue weighted by Crippen LogP contribution is -2.23. The Kier molecular flexibility index (Phi) is 7.12. The van der Waals surface area contributed by atoms with Crippen molar-refractivity contribution in [2.45, 2.75) is 97.3 Å². The molecule has 0 aromatic heterocycles. The van der Waals surface area contributed by atoms with Crippen molar-refractivity contribution < 1.29 is 25.2 Å². The normalized spacial score (nSPS) is 32.4. The van der Waals surface area contributed by atoms with E-state index in [0.29, 0.717) is 12.3 Å². The fourth-order valence-corrected chi connectivity index (χ4v) is 4.39. The molecule has 2 fully saturated rings. The predicted molar refractivity (Wildman–Crippen MR) is 120 cm³/mol. The summed E-state index contributed by atoms with van der Waals surface area (Å²) in [7, 11) is 0. The topological polar surface area (TPSA) is 66.8 Å². The number of allylic oxidation sites excluding steroid dienone is 2. The Morgan fingerprint density at radius 3 is 2.80 bits per heavy atom. The minimum absolute atomic E-state index is 0.133. The number of aliphatic hydroxyl groups is 2. The number of ether oxygens (including phenoxy) is 1. The molecule has 0 aromatic carbocycles. The first kappa shape index (κ1) is 19.1. The Morgan fingerprint density at radius 1 is 1.40 bits per heavy atom. The van der Waals surface area contributed by atoms with Gasteiger partial charge < -0.3 is 14.9 Å². The van der Waals surface area contributed by atoms with Crippen LogP contribution in [0.25, 0.3) is 0 Å². The summed E-state index contributed by atoms with van der Waals surface area (Å²) in [4.78, 5) is 12.0. The van der Waals surface area contributed by atoms with Crippen molar-refractivity contribution in [3.8, 4) is 11.8 Å². The Morgan fingerprint density at radius 2 is 2.13 bits per heavy atom. The first-order valence-electron chi connectivity index (χ1n) is 12.9. The second-order valence-electron chi connectivity index (χ2n) is 9.48. The molecule has 0 spiro atoms. The maximum Gasteiger partial charge on any atom is 0.306 e. The second-order valence-corrected chi connectivity index (χ2v) is 9.48. The van der Waals surface area contributed by atoms with Gasteiger partial charge >= 0.3 is 5.97 Å². The van der Waals surface area contributed by atoms with Gasteiger partial charge in [-0.15, -0.1) is 11.8 Å².